The molecule has 1 saturated heterocycles. The number of benzene rings is 2. The maximum atomic E-state index is 12.8. The van der Waals surface area contributed by atoms with Gasteiger partial charge in [0.25, 0.3) is 11.8 Å². The lowest BCUT2D eigenvalue weighted by Gasteiger charge is -2.40. The van der Waals surface area contributed by atoms with E-state index >= 15 is 0 Å². The second-order valence-corrected chi connectivity index (χ2v) is 6.83. The zero-order chi connectivity index (χ0) is 20.1. The Bertz CT molecular complexity index is 811. The zero-order valence-electron chi connectivity index (χ0n) is 15.0. The Kier molecular flexibility index (Phi) is 6.64. The quantitative estimate of drug-likeness (QED) is 0.673. The number of ether oxygens (including phenoxy) is 1. The molecule has 0 aliphatic carbocycles. The Labute approximate surface area is 167 Å². The summed E-state index contributed by atoms with van der Waals surface area (Å²) in [5.74, 6) is -0.811. The van der Waals surface area contributed by atoms with Crippen LogP contribution >= 0.6 is 11.6 Å². The number of aliphatic hydroxyl groups is 2. The molecule has 0 bridgehead atoms. The van der Waals surface area contributed by atoms with E-state index in [-0.39, 0.29) is 12.5 Å². The van der Waals surface area contributed by atoms with Crippen LogP contribution < -0.4 is 10.2 Å². The third-order valence-electron chi connectivity index (χ3n) is 4.51. The first-order valence-electron chi connectivity index (χ1n) is 8.81. The Morgan fingerprint density at radius 2 is 1.79 bits per heavy atom. The summed E-state index contributed by atoms with van der Waals surface area (Å²) in [5, 5.41) is 21.6. The van der Waals surface area contributed by atoms with Crippen LogP contribution in [-0.4, -0.2) is 54.0 Å². The van der Waals surface area contributed by atoms with Crippen molar-refractivity contribution < 1.29 is 24.5 Å². The van der Waals surface area contributed by atoms with Crippen molar-refractivity contribution in [2.75, 3.05) is 24.7 Å². The number of nitrogens with zero attached hydrogens (tertiary/aromatic N) is 1. The van der Waals surface area contributed by atoms with E-state index in [1.807, 2.05) is 30.3 Å². The topological polar surface area (TPSA) is 99.1 Å². The van der Waals surface area contributed by atoms with E-state index in [4.69, 9.17) is 16.3 Å². The van der Waals surface area contributed by atoms with Crippen molar-refractivity contribution in [2.45, 2.75) is 18.2 Å². The molecule has 2 atom stereocenters. The summed E-state index contributed by atoms with van der Waals surface area (Å²) in [6.45, 7) is -1.09. The fraction of sp³-hybridized carbons (Fsp3) is 0.300. The Balaban J connectivity index is 2.00. The predicted molar refractivity (Wildman–Crippen MR) is 104 cm³/mol. The summed E-state index contributed by atoms with van der Waals surface area (Å²) in [4.78, 5) is 27.1. The molecule has 1 fully saturated rings. The van der Waals surface area contributed by atoms with Crippen molar-refractivity contribution in [1.29, 1.82) is 0 Å². The number of hydrogen-bond acceptors (Lipinski definition) is 5. The highest BCUT2D eigenvalue weighted by Crippen LogP contribution is 2.35. The van der Waals surface area contributed by atoms with E-state index in [0.29, 0.717) is 10.7 Å². The van der Waals surface area contributed by atoms with Gasteiger partial charge in [0.05, 0.1) is 25.3 Å². The number of anilines is 1. The summed E-state index contributed by atoms with van der Waals surface area (Å²) in [6, 6.07) is 14.3. The van der Waals surface area contributed by atoms with Crippen molar-refractivity contribution in [3.63, 3.8) is 0 Å². The van der Waals surface area contributed by atoms with Crippen molar-refractivity contribution in [3.8, 4) is 0 Å². The molecule has 7 nitrogen and oxygen atoms in total. The molecule has 148 valence electrons. The molecule has 2 amide bonds. The monoisotopic (exact) mass is 404 g/mol. The van der Waals surface area contributed by atoms with Crippen LogP contribution in [0.4, 0.5) is 5.69 Å². The number of amides is 2. The van der Waals surface area contributed by atoms with E-state index < -0.39 is 37.3 Å². The summed E-state index contributed by atoms with van der Waals surface area (Å²) in [7, 11) is 0. The van der Waals surface area contributed by atoms with E-state index in [0.717, 1.165) is 5.56 Å². The first-order valence-corrected chi connectivity index (χ1v) is 9.19. The molecule has 1 aliphatic heterocycles. The minimum atomic E-state index is -1.02. The summed E-state index contributed by atoms with van der Waals surface area (Å²) in [5.41, 5.74) is 1.31. The minimum absolute atomic E-state index is 0.271. The largest absolute Gasteiger partial charge is 0.394 e. The van der Waals surface area contributed by atoms with Crippen LogP contribution in [-0.2, 0) is 14.3 Å². The molecule has 3 rings (SSSR count). The van der Waals surface area contributed by atoms with Crippen molar-refractivity contribution in [2.24, 2.45) is 0 Å². The van der Waals surface area contributed by atoms with Crippen molar-refractivity contribution in [1.82, 2.24) is 5.32 Å². The molecule has 2 aromatic rings. The first kappa shape index (κ1) is 20.3. The Morgan fingerprint density at radius 3 is 2.39 bits per heavy atom. The van der Waals surface area contributed by atoms with Crippen LogP contribution in [0.3, 0.4) is 0 Å². The number of rotatable bonds is 6. The lowest BCUT2D eigenvalue weighted by molar-refractivity contribution is -0.145. The van der Waals surface area contributed by atoms with Gasteiger partial charge in [-0.25, -0.2) is 0 Å². The maximum Gasteiger partial charge on any atom is 0.253 e. The summed E-state index contributed by atoms with van der Waals surface area (Å²) >= 11 is 5.97. The molecule has 0 saturated carbocycles. The molecule has 0 spiro atoms. The zero-order valence-corrected chi connectivity index (χ0v) is 15.7. The summed E-state index contributed by atoms with van der Waals surface area (Å²) in [6.07, 6.45) is -1.02. The number of nitrogens with one attached hydrogen (secondary N) is 1. The number of carbonyl (C=O) groups excluding carboxylic acids is 2. The standard InChI is InChI=1S/C20H21ClN2O5/c21-14-6-8-16(9-7-14)23-17(26)12-28-19(20(27)22-15(10-24)11-25)18(23)13-4-2-1-3-5-13/h1-9,15,18-19,24-25H,10-12H2,(H,22,27)/t18-,19-/m1/s1. The van der Waals surface area contributed by atoms with Crippen LogP contribution in [0.15, 0.2) is 54.6 Å². The fourth-order valence-corrected chi connectivity index (χ4v) is 3.27. The molecule has 3 N–H and O–H groups in total. The van der Waals surface area contributed by atoms with Gasteiger partial charge in [-0.3, -0.25) is 14.5 Å². The molecule has 1 aliphatic rings. The normalized spacial score (nSPS) is 19.7. The van der Waals surface area contributed by atoms with Crippen LogP contribution in [0.1, 0.15) is 11.6 Å². The van der Waals surface area contributed by atoms with Gasteiger partial charge in [0.1, 0.15) is 6.61 Å². The maximum absolute atomic E-state index is 12.8. The lowest BCUT2D eigenvalue weighted by atomic mass is 9.96. The molecule has 1 heterocycles. The first-order chi connectivity index (χ1) is 13.5. The number of hydrogen-bond donors (Lipinski definition) is 3. The molecule has 28 heavy (non-hydrogen) atoms. The molecule has 8 heteroatoms. The fourth-order valence-electron chi connectivity index (χ4n) is 3.14. The Hall–Kier alpha value is -2.45. The highest BCUT2D eigenvalue weighted by atomic mass is 35.5. The van der Waals surface area contributed by atoms with Gasteiger partial charge in [0, 0.05) is 10.7 Å². The van der Waals surface area contributed by atoms with Crippen LogP contribution in [0.25, 0.3) is 0 Å². The Morgan fingerprint density at radius 1 is 1.14 bits per heavy atom. The number of carbonyl (C=O) groups is 2. The average Bonchev–Trinajstić information content (AvgIpc) is 2.73. The van der Waals surface area contributed by atoms with Gasteiger partial charge in [-0.1, -0.05) is 41.9 Å². The average molecular weight is 405 g/mol. The van der Waals surface area contributed by atoms with Crippen molar-refractivity contribution >= 4 is 29.1 Å². The van der Waals surface area contributed by atoms with E-state index in [1.165, 1.54) is 4.90 Å². The highest BCUT2D eigenvalue weighted by molar-refractivity contribution is 6.30. The van der Waals surface area contributed by atoms with Gasteiger partial charge >= 0.3 is 0 Å². The molecular formula is C20H21ClN2O5. The smallest absolute Gasteiger partial charge is 0.253 e. The molecule has 0 aromatic heterocycles. The van der Waals surface area contributed by atoms with Crippen LogP contribution in [0, 0.1) is 0 Å². The van der Waals surface area contributed by atoms with Crippen molar-refractivity contribution in [3.05, 3.63) is 65.2 Å². The molecule has 0 radical (unpaired) electrons. The minimum Gasteiger partial charge on any atom is -0.394 e. The third kappa shape index (κ3) is 4.34. The molecule has 0 unspecified atom stereocenters. The molecule has 2 aromatic carbocycles. The van der Waals surface area contributed by atoms with E-state index in [9.17, 15) is 19.8 Å². The van der Waals surface area contributed by atoms with Gasteiger partial charge in [-0.2, -0.15) is 0 Å². The van der Waals surface area contributed by atoms with Gasteiger partial charge in [0.15, 0.2) is 6.10 Å². The lowest BCUT2D eigenvalue weighted by Crippen LogP contribution is -2.56. The number of halogens is 1. The number of aliphatic hydroxyl groups excluding tert-OH is 2. The second-order valence-electron chi connectivity index (χ2n) is 6.40. The van der Waals surface area contributed by atoms with Gasteiger partial charge in [0.2, 0.25) is 0 Å². The second kappa shape index (κ2) is 9.16. The van der Waals surface area contributed by atoms with Gasteiger partial charge in [-0.05, 0) is 29.8 Å². The van der Waals surface area contributed by atoms with Gasteiger partial charge < -0.3 is 20.3 Å². The van der Waals surface area contributed by atoms with Crippen LogP contribution in [0.2, 0.25) is 5.02 Å². The summed E-state index contributed by atoms with van der Waals surface area (Å²) < 4.78 is 5.59. The SMILES string of the molecule is O=C(NC(CO)CO)[C@@H]1OCC(=O)N(c2ccc(Cl)cc2)[C@@H]1c1ccccc1. The van der Waals surface area contributed by atoms with Gasteiger partial charge in [-0.15, -0.1) is 0 Å². The number of morpholine rings is 1. The predicted octanol–water partition coefficient (Wildman–Crippen LogP) is 1.28. The van der Waals surface area contributed by atoms with E-state index in [2.05, 4.69) is 5.32 Å². The van der Waals surface area contributed by atoms with E-state index in [1.54, 1.807) is 24.3 Å². The van der Waals surface area contributed by atoms with Crippen LogP contribution in [0.5, 0.6) is 0 Å². The third-order valence-corrected chi connectivity index (χ3v) is 4.76. The molecular weight excluding hydrogens is 384 g/mol. The highest BCUT2D eigenvalue weighted by Gasteiger charge is 2.42.